The van der Waals surface area contributed by atoms with Gasteiger partial charge in [-0.15, -0.1) is 0 Å². The van der Waals surface area contributed by atoms with Crippen molar-refractivity contribution >= 4 is 5.91 Å². The highest BCUT2D eigenvalue weighted by Crippen LogP contribution is 2.53. The lowest BCUT2D eigenvalue weighted by Crippen LogP contribution is -2.63. The summed E-state index contributed by atoms with van der Waals surface area (Å²) in [5.41, 5.74) is 0.626. The SMILES string of the molecule is CC(C)c1ccc(C(=O)NC2C(C)(C)CC2(C)C)cc1.N#Cc1ccc(OF)cc1C(F)(F)F. The summed E-state index contributed by atoms with van der Waals surface area (Å²) in [5.74, 6) is -0.0425. The van der Waals surface area contributed by atoms with Gasteiger partial charge in [0.15, 0.2) is 5.75 Å². The number of hydrogen-bond donors (Lipinski definition) is 1. The molecule has 0 unspecified atom stereocenters. The summed E-state index contributed by atoms with van der Waals surface area (Å²) >= 11 is 0. The molecule has 184 valence electrons. The van der Waals surface area contributed by atoms with E-state index in [1.54, 1.807) is 0 Å². The lowest BCUT2D eigenvalue weighted by atomic mass is 9.52. The summed E-state index contributed by atoms with van der Waals surface area (Å²) < 4.78 is 48.2. The molecule has 3 rings (SSSR count). The first-order valence-electron chi connectivity index (χ1n) is 10.9. The quantitative estimate of drug-likeness (QED) is 0.473. The van der Waals surface area contributed by atoms with E-state index in [1.165, 1.54) is 11.6 Å². The Hall–Kier alpha value is -3.08. The third-order valence-corrected chi connectivity index (χ3v) is 6.10. The third-order valence-electron chi connectivity index (χ3n) is 6.10. The van der Waals surface area contributed by atoms with Gasteiger partial charge in [-0.2, -0.15) is 18.4 Å². The summed E-state index contributed by atoms with van der Waals surface area (Å²) in [6, 6.07) is 11.8. The Morgan fingerprint density at radius 1 is 1.09 bits per heavy atom. The fourth-order valence-corrected chi connectivity index (χ4v) is 4.83. The van der Waals surface area contributed by atoms with Crippen LogP contribution in [-0.2, 0) is 6.18 Å². The minimum absolute atomic E-state index is 0.0474. The number of halogens is 4. The van der Waals surface area contributed by atoms with Crippen LogP contribution in [0.1, 0.15) is 80.9 Å². The van der Waals surface area contributed by atoms with E-state index in [1.807, 2.05) is 12.1 Å². The smallest absolute Gasteiger partial charge is 0.348 e. The van der Waals surface area contributed by atoms with Gasteiger partial charge >= 0.3 is 6.18 Å². The molecule has 0 spiro atoms. The number of alkyl halides is 3. The zero-order valence-electron chi connectivity index (χ0n) is 20.2. The number of rotatable bonds is 4. The normalized spacial score (nSPS) is 16.5. The van der Waals surface area contributed by atoms with Gasteiger partial charge in [-0.1, -0.05) is 53.7 Å². The maximum atomic E-state index is 12.4. The number of carbonyl (C=O) groups is 1. The molecule has 34 heavy (non-hydrogen) atoms. The number of hydrogen-bond acceptors (Lipinski definition) is 3. The van der Waals surface area contributed by atoms with Crippen molar-refractivity contribution in [3.63, 3.8) is 0 Å². The molecular formula is C26H30F4N2O2. The van der Waals surface area contributed by atoms with Crippen LogP contribution in [0, 0.1) is 22.2 Å². The number of carbonyl (C=O) groups excluding carboxylic acids is 1. The van der Waals surface area contributed by atoms with Crippen molar-refractivity contribution in [2.75, 3.05) is 0 Å². The van der Waals surface area contributed by atoms with Crippen LogP contribution in [0.2, 0.25) is 0 Å². The van der Waals surface area contributed by atoms with Crippen LogP contribution in [0.15, 0.2) is 42.5 Å². The van der Waals surface area contributed by atoms with E-state index in [2.05, 4.69) is 63.9 Å². The second-order valence-corrected chi connectivity index (χ2v) is 10.2. The maximum absolute atomic E-state index is 12.4. The van der Waals surface area contributed by atoms with Crippen LogP contribution in [-0.4, -0.2) is 11.9 Å². The molecule has 0 saturated heterocycles. The molecule has 1 saturated carbocycles. The van der Waals surface area contributed by atoms with Gasteiger partial charge in [0.2, 0.25) is 0 Å². The Kier molecular flexibility index (Phi) is 8.02. The van der Waals surface area contributed by atoms with E-state index in [0.717, 1.165) is 24.1 Å². The number of amides is 1. The van der Waals surface area contributed by atoms with E-state index in [0.29, 0.717) is 12.0 Å². The van der Waals surface area contributed by atoms with Crippen molar-refractivity contribution in [1.82, 2.24) is 5.32 Å². The second kappa shape index (κ2) is 10.0. The molecular weight excluding hydrogens is 448 g/mol. The van der Waals surface area contributed by atoms with Gasteiger partial charge < -0.3 is 5.32 Å². The molecule has 0 aliphatic heterocycles. The van der Waals surface area contributed by atoms with Crippen molar-refractivity contribution in [3.8, 4) is 11.8 Å². The third kappa shape index (κ3) is 6.28. The minimum Gasteiger partial charge on any atom is -0.348 e. The van der Waals surface area contributed by atoms with Crippen LogP contribution >= 0.6 is 0 Å². The molecule has 1 aliphatic rings. The predicted octanol–water partition coefficient (Wildman–Crippen LogP) is 7.20. The van der Waals surface area contributed by atoms with Crippen molar-refractivity contribution in [2.24, 2.45) is 10.8 Å². The van der Waals surface area contributed by atoms with Crippen molar-refractivity contribution in [3.05, 3.63) is 64.7 Å². The molecule has 1 amide bonds. The highest BCUT2D eigenvalue weighted by atomic mass is 19.4. The standard InChI is InChI=1S/C18H27NO.C8H3F4NO/c1-12(2)13-7-9-14(10-8-13)15(20)19-16-17(3,4)11-18(16,5)6;9-8(10,11)7-3-6(14-12)2-1-5(7)4-13/h7-10,12,16H,11H2,1-6H3,(H,19,20);1-3H. The van der Waals surface area contributed by atoms with E-state index >= 15 is 0 Å². The van der Waals surface area contributed by atoms with Gasteiger partial charge in [-0.3, -0.25) is 9.74 Å². The number of benzene rings is 2. The number of nitriles is 1. The zero-order valence-corrected chi connectivity index (χ0v) is 20.2. The summed E-state index contributed by atoms with van der Waals surface area (Å²) in [6.07, 6.45) is -3.54. The summed E-state index contributed by atoms with van der Waals surface area (Å²) in [6.45, 7) is 13.2. The molecule has 0 radical (unpaired) electrons. The largest absolute Gasteiger partial charge is 0.417 e. The van der Waals surface area contributed by atoms with Crippen LogP contribution in [0.3, 0.4) is 0 Å². The number of nitrogens with one attached hydrogen (secondary N) is 1. The van der Waals surface area contributed by atoms with Crippen LogP contribution < -0.4 is 10.3 Å². The molecule has 1 N–H and O–H groups in total. The molecule has 1 aliphatic carbocycles. The van der Waals surface area contributed by atoms with Crippen LogP contribution in [0.25, 0.3) is 0 Å². The summed E-state index contributed by atoms with van der Waals surface area (Å²) in [4.78, 5) is 15.5. The fraction of sp³-hybridized carbons (Fsp3) is 0.462. The van der Waals surface area contributed by atoms with Crippen LogP contribution in [0.5, 0.6) is 5.75 Å². The topological polar surface area (TPSA) is 62.1 Å². The minimum atomic E-state index is -4.69. The van der Waals surface area contributed by atoms with Crippen molar-refractivity contribution in [1.29, 1.82) is 5.26 Å². The van der Waals surface area contributed by atoms with Gasteiger partial charge in [-0.25, -0.2) is 0 Å². The van der Waals surface area contributed by atoms with Gasteiger partial charge in [-0.05, 0) is 59.1 Å². The molecule has 8 heteroatoms. The second-order valence-electron chi connectivity index (χ2n) is 10.2. The van der Waals surface area contributed by atoms with Crippen molar-refractivity contribution in [2.45, 2.75) is 66.1 Å². The molecule has 0 aromatic heterocycles. The van der Waals surface area contributed by atoms with Gasteiger partial charge in [0.25, 0.3) is 5.91 Å². The van der Waals surface area contributed by atoms with Gasteiger partial charge in [0.05, 0.1) is 17.2 Å². The van der Waals surface area contributed by atoms with E-state index in [-0.39, 0.29) is 22.8 Å². The van der Waals surface area contributed by atoms with E-state index in [9.17, 15) is 22.5 Å². The van der Waals surface area contributed by atoms with E-state index < -0.39 is 23.1 Å². The first-order chi connectivity index (χ1) is 15.6. The summed E-state index contributed by atoms with van der Waals surface area (Å²) in [7, 11) is 0. The summed E-state index contributed by atoms with van der Waals surface area (Å²) in [5, 5.41) is 11.6. The molecule has 0 bridgehead atoms. The Morgan fingerprint density at radius 3 is 2.06 bits per heavy atom. The molecule has 2 aromatic rings. The zero-order chi connectivity index (χ0) is 25.9. The maximum Gasteiger partial charge on any atom is 0.417 e. The molecule has 0 atom stereocenters. The Morgan fingerprint density at radius 2 is 1.65 bits per heavy atom. The number of nitrogens with zero attached hydrogens (tertiary/aromatic N) is 1. The average Bonchev–Trinajstić information content (AvgIpc) is 2.75. The molecule has 1 fully saturated rings. The van der Waals surface area contributed by atoms with Crippen LogP contribution in [0.4, 0.5) is 17.7 Å². The lowest BCUT2D eigenvalue weighted by molar-refractivity contribution is -0.138. The first kappa shape index (κ1) is 27.2. The fourth-order valence-electron chi connectivity index (χ4n) is 4.83. The monoisotopic (exact) mass is 478 g/mol. The predicted molar refractivity (Wildman–Crippen MR) is 122 cm³/mol. The van der Waals surface area contributed by atoms with Gasteiger partial charge in [0, 0.05) is 16.1 Å². The Labute approximate surface area is 197 Å². The van der Waals surface area contributed by atoms with Crippen molar-refractivity contribution < 1.29 is 27.4 Å². The lowest BCUT2D eigenvalue weighted by Gasteiger charge is -2.57. The van der Waals surface area contributed by atoms with E-state index in [4.69, 9.17) is 5.26 Å². The molecule has 2 aromatic carbocycles. The highest BCUT2D eigenvalue weighted by Gasteiger charge is 2.53. The first-order valence-corrected chi connectivity index (χ1v) is 10.9. The van der Waals surface area contributed by atoms with Gasteiger partial charge in [0.1, 0.15) is 0 Å². The Bertz CT molecular complexity index is 1040. The average molecular weight is 479 g/mol. The Balaban J connectivity index is 0.000000257. The molecule has 4 nitrogen and oxygen atoms in total. The molecule has 0 heterocycles. The highest BCUT2D eigenvalue weighted by molar-refractivity contribution is 5.94.